The quantitative estimate of drug-likeness (QED) is 0.696. The molecule has 0 amide bonds. The van der Waals surface area contributed by atoms with Gasteiger partial charge in [0.2, 0.25) is 5.82 Å². The van der Waals surface area contributed by atoms with Crippen LogP contribution in [-0.4, -0.2) is 10.1 Å². The maximum absolute atomic E-state index is 5.89. The average Bonchev–Trinajstić information content (AvgIpc) is 2.92. The normalized spacial score (nSPS) is 10.7. The molecule has 0 spiro atoms. The van der Waals surface area contributed by atoms with Gasteiger partial charge in [0.05, 0.1) is 10.7 Å². The molecule has 6 heteroatoms. The van der Waals surface area contributed by atoms with Crippen LogP contribution in [0.25, 0.3) is 22.8 Å². The van der Waals surface area contributed by atoms with Crippen LogP contribution in [0.5, 0.6) is 0 Å². The van der Waals surface area contributed by atoms with E-state index in [2.05, 4.69) is 26.1 Å². The molecular weight excluding hydrogens is 342 g/mol. The molecule has 0 saturated carbocycles. The van der Waals surface area contributed by atoms with Gasteiger partial charge in [-0.05, 0) is 42.5 Å². The second kappa shape index (κ2) is 5.26. The zero-order chi connectivity index (χ0) is 14.1. The summed E-state index contributed by atoms with van der Waals surface area (Å²) in [5, 5.41) is 4.47. The van der Waals surface area contributed by atoms with Gasteiger partial charge in [0.1, 0.15) is 0 Å². The number of benzene rings is 2. The van der Waals surface area contributed by atoms with Gasteiger partial charge in [-0.2, -0.15) is 4.98 Å². The lowest BCUT2D eigenvalue weighted by Gasteiger charge is -1.98. The lowest BCUT2D eigenvalue weighted by molar-refractivity contribution is 0.432. The van der Waals surface area contributed by atoms with Gasteiger partial charge in [-0.25, -0.2) is 0 Å². The highest BCUT2D eigenvalue weighted by Gasteiger charge is 2.11. The predicted molar refractivity (Wildman–Crippen MR) is 82.3 cm³/mol. The van der Waals surface area contributed by atoms with E-state index in [0.29, 0.717) is 22.4 Å². The summed E-state index contributed by atoms with van der Waals surface area (Å²) in [7, 11) is 0. The summed E-state index contributed by atoms with van der Waals surface area (Å²) >= 11 is 9.27. The number of hydrogen-bond donors (Lipinski definition) is 1. The second-order valence-electron chi connectivity index (χ2n) is 4.17. The Morgan fingerprint density at radius 1 is 1.05 bits per heavy atom. The predicted octanol–water partition coefficient (Wildman–Crippen LogP) is 4.40. The molecule has 0 aliphatic rings. The Morgan fingerprint density at radius 3 is 2.45 bits per heavy atom. The van der Waals surface area contributed by atoms with Gasteiger partial charge in [0.15, 0.2) is 0 Å². The summed E-state index contributed by atoms with van der Waals surface area (Å²) in [6.45, 7) is 0. The van der Waals surface area contributed by atoms with Crippen LogP contribution < -0.4 is 5.73 Å². The van der Waals surface area contributed by atoms with Crippen molar-refractivity contribution in [1.29, 1.82) is 0 Å². The minimum Gasteiger partial charge on any atom is -0.398 e. The Morgan fingerprint density at radius 2 is 1.75 bits per heavy atom. The minimum absolute atomic E-state index is 0.409. The maximum Gasteiger partial charge on any atom is 0.258 e. The van der Waals surface area contributed by atoms with Crippen molar-refractivity contribution in [3.8, 4) is 22.8 Å². The molecule has 2 N–H and O–H groups in total. The van der Waals surface area contributed by atoms with Crippen molar-refractivity contribution in [3.63, 3.8) is 0 Å². The van der Waals surface area contributed by atoms with Crippen molar-refractivity contribution in [3.05, 3.63) is 52.0 Å². The van der Waals surface area contributed by atoms with Crippen molar-refractivity contribution in [2.75, 3.05) is 5.73 Å². The number of nitrogens with zero attached hydrogens (tertiary/aromatic N) is 2. The summed E-state index contributed by atoms with van der Waals surface area (Å²) in [6.07, 6.45) is 0. The van der Waals surface area contributed by atoms with Crippen molar-refractivity contribution in [2.45, 2.75) is 0 Å². The van der Waals surface area contributed by atoms with Crippen molar-refractivity contribution >= 4 is 33.2 Å². The molecule has 0 atom stereocenters. The van der Waals surface area contributed by atoms with Gasteiger partial charge in [0, 0.05) is 15.6 Å². The Kier molecular flexibility index (Phi) is 3.46. The molecule has 2 aromatic carbocycles. The molecule has 1 aromatic heterocycles. The van der Waals surface area contributed by atoms with E-state index in [0.717, 1.165) is 15.6 Å². The Balaban J connectivity index is 1.97. The standard InChI is InChI=1S/C14H9BrClN3O/c15-10-4-1-8(2-5-10)13-18-14(20-19-13)9-3-6-11(16)12(17)7-9/h1-7H,17H2. The molecule has 3 rings (SSSR count). The first-order valence-electron chi connectivity index (χ1n) is 5.78. The zero-order valence-electron chi connectivity index (χ0n) is 10.2. The summed E-state index contributed by atoms with van der Waals surface area (Å²) in [5.74, 6) is 0.937. The first-order chi connectivity index (χ1) is 9.63. The number of rotatable bonds is 2. The Bertz CT molecular complexity index is 755. The van der Waals surface area contributed by atoms with Crippen molar-refractivity contribution < 1.29 is 4.52 Å². The van der Waals surface area contributed by atoms with Gasteiger partial charge >= 0.3 is 0 Å². The van der Waals surface area contributed by atoms with Gasteiger partial charge in [0.25, 0.3) is 5.89 Å². The van der Waals surface area contributed by atoms with E-state index in [-0.39, 0.29) is 0 Å². The molecule has 0 fully saturated rings. The van der Waals surface area contributed by atoms with E-state index in [1.54, 1.807) is 18.2 Å². The molecule has 100 valence electrons. The number of nitrogen functional groups attached to an aromatic ring is 1. The van der Waals surface area contributed by atoms with Crippen molar-refractivity contribution in [1.82, 2.24) is 10.1 Å². The summed E-state index contributed by atoms with van der Waals surface area (Å²) in [4.78, 5) is 4.36. The molecule has 0 unspecified atom stereocenters. The molecule has 0 aliphatic heterocycles. The fourth-order valence-corrected chi connectivity index (χ4v) is 2.12. The fraction of sp³-hybridized carbons (Fsp3) is 0. The highest BCUT2D eigenvalue weighted by atomic mass is 79.9. The molecule has 0 aliphatic carbocycles. The Labute approximate surface area is 128 Å². The van der Waals surface area contributed by atoms with Crippen LogP contribution in [0, 0.1) is 0 Å². The maximum atomic E-state index is 5.89. The van der Waals surface area contributed by atoms with E-state index >= 15 is 0 Å². The second-order valence-corrected chi connectivity index (χ2v) is 5.49. The van der Waals surface area contributed by atoms with Crippen LogP contribution in [0.15, 0.2) is 51.5 Å². The highest BCUT2D eigenvalue weighted by molar-refractivity contribution is 9.10. The first-order valence-corrected chi connectivity index (χ1v) is 6.95. The smallest absolute Gasteiger partial charge is 0.258 e. The summed E-state index contributed by atoms with van der Waals surface area (Å²) in [6, 6.07) is 12.9. The third-order valence-electron chi connectivity index (χ3n) is 2.77. The fourth-order valence-electron chi connectivity index (χ4n) is 1.73. The zero-order valence-corrected chi connectivity index (χ0v) is 12.5. The number of hydrogen-bond acceptors (Lipinski definition) is 4. The Hall–Kier alpha value is -1.85. The van der Waals surface area contributed by atoms with Crippen molar-refractivity contribution in [2.24, 2.45) is 0 Å². The highest BCUT2D eigenvalue weighted by Crippen LogP contribution is 2.27. The van der Waals surface area contributed by atoms with Crippen LogP contribution in [0.2, 0.25) is 5.02 Å². The molecule has 4 nitrogen and oxygen atoms in total. The van der Waals surface area contributed by atoms with Gasteiger partial charge in [-0.3, -0.25) is 0 Å². The van der Waals surface area contributed by atoms with Crippen LogP contribution >= 0.6 is 27.5 Å². The molecule has 1 heterocycles. The lowest BCUT2D eigenvalue weighted by atomic mass is 10.2. The lowest BCUT2D eigenvalue weighted by Crippen LogP contribution is -1.87. The topological polar surface area (TPSA) is 64.9 Å². The van der Waals surface area contributed by atoms with E-state index in [9.17, 15) is 0 Å². The largest absolute Gasteiger partial charge is 0.398 e. The van der Waals surface area contributed by atoms with E-state index < -0.39 is 0 Å². The number of aromatic nitrogens is 2. The van der Waals surface area contributed by atoms with Crippen LogP contribution in [0.3, 0.4) is 0 Å². The molecule has 0 bridgehead atoms. The molecule has 0 saturated heterocycles. The first kappa shape index (κ1) is 13.1. The molecule has 20 heavy (non-hydrogen) atoms. The van der Waals surface area contributed by atoms with Crippen LogP contribution in [0.1, 0.15) is 0 Å². The van der Waals surface area contributed by atoms with Crippen LogP contribution in [0.4, 0.5) is 5.69 Å². The SMILES string of the molecule is Nc1cc(-c2nc(-c3ccc(Br)cc3)no2)ccc1Cl. The molecular formula is C14H9BrClN3O. The third-order valence-corrected chi connectivity index (χ3v) is 3.64. The van der Waals surface area contributed by atoms with E-state index in [1.165, 1.54) is 0 Å². The number of anilines is 1. The van der Waals surface area contributed by atoms with Gasteiger partial charge in [-0.15, -0.1) is 0 Å². The number of nitrogens with two attached hydrogens (primary N) is 1. The monoisotopic (exact) mass is 349 g/mol. The third kappa shape index (κ3) is 2.55. The summed E-state index contributed by atoms with van der Waals surface area (Å²) in [5.41, 5.74) is 7.86. The van der Waals surface area contributed by atoms with E-state index in [1.807, 2.05) is 24.3 Å². The average molecular weight is 351 g/mol. The number of halogens is 2. The van der Waals surface area contributed by atoms with Gasteiger partial charge in [-0.1, -0.05) is 32.7 Å². The van der Waals surface area contributed by atoms with E-state index in [4.69, 9.17) is 21.9 Å². The molecule has 0 radical (unpaired) electrons. The summed E-state index contributed by atoms with van der Waals surface area (Å²) < 4.78 is 6.25. The minimum atomic E-state index is 0.409. The molecule has 3 aromatic rings. The van der Waals surface area contributed by atoms with Crippen LogP contribution in [-0.2, 0) is 0 Å². The van der Waals surface area contributed by atoms with Gasteiger partial charge < -0.3 is 10.3 Å².